The van der Waals surface area contributed by atoms with Crippen LogP contribution in [0.2, 0.25) is 0 Å². The lowest BCUT2D eigenvalue weighted by atomic mass is 10.1. The maximum absolute atomic E-state index is 12.5. The van der Waals surface area contributed by atoms with Gasteiger partial charge in [0.2, 0.25) is 0 Å². The second-order valence-electron chi connectivity index (χ2n) is 5.92. The van der Waals surface area contributed by atoms with Crippen molar-refractivity contribution < 1.29 is 17.4 Å². The van der Waals surface area contributed by atoms with Gasteiger partial charge in [-0.2, -0.15) is 8.42 Å². The summed E-state index contributed by atoms with van der Waals surface area (Å²) in [6, 6.07) is 10.4. The summed E-state index contributed by atoms with van der Waals surface area (Å²) in [5.74, 6) is -0.703. The first-order chi connectivity index (χ1) is 11.3. The molecule has 0 atom stereocenters. The molecule has 0 amide bonds. The van der Waals surface area contributed by atoms with Crippen LogP contribution in [-0.2, 0) is 19.1 Å². The number of hydrogen-bond acceptors (Lipinski definition) is 5. The van der Waals surface area contributed by atoms with E-state index in [9.17, 15) is 13.2 Å². The standard InChI is InChI=1S/C18H23NO4S/c1-4-5-6-10-18(20)23-24(21,22)17-9-7-8-14-13-15(19(2)3)11-12-16(14)17/h7-9,11-13H,4-6,10H2,1-3H3. The van der Waals surface area contributed by atoms with E-state index in [1.54, 1.807) is 12.1 Å². The number of fused-ring (bicyclic) bond motifs is 1. The largest absolute Gasteiger partial charge is 0.378 e. The predicted molar refractivity (Wildman–Crippen MR) is 95.7 cm³/mol. The van der Waals surface area contributed by atoms with Gasteiger partial charge in [-0.3, -0.25) is 4.79 Å². The molecule has 0 bridgehead atoms. The molecule has 6 heteroatoms. The molecule has 0 aliphatic heterocycles. The average Bonchev–Trinajstić information content (AvgIpc) is 2.53. The summed E-state index contributed by atoms with van der Waals surface area (Å²) in [6.45, 7) is 2.01. The van der Waals surface area contributed by atoms with Crippen molar-refractivity contribution in [3.63, 3.8) is 0 Å². The molecule has 5 nitrogen and oxygen atoms in total. The molecule has 2 aromatic rings. The van der Waals surface area contributed by atoms with Crippen molar-refractivity contribution in [3.8, 4) is 0 Å². The Morgan fingerprint density at radius 3 is 2.54 bits per heavy atom. The van der Waals surface area contributed by atoms with Crippen molar-refractivity contribution in [3.05, 3.63) is 36.4 Å². The molecule has 24 heavy (non-hydrogen) atoms. The number of unbranched alkanes of at least 4 members (excludes halogenated alkanes) is 2. The van der Waals surface area contributed by atoms with Gasteiger partial charge in [0.1, 0.15) is 4.90 Å². The highest BCUT2D eigenvalue weighted by Crippen LogP contribution is 2.28. The zero-order valence-electron chi connectivity index (χ0n) is 14.3. The van der Waals surface area contributed by atoms with E-state index >= 15 is 0 Å². The van der Waals surface area contributed by atoms with Crippen LogP contribution in [0.1, 0.15) is 32.6 Å². The van der Waals surface area contributed by atoms with Crippen LogP contribution >= 0.6 is 0 Å². The number of benzene rings is 2. The van der Waals surface area contributed by atoms with Crippen LogP contribution in [0.15, 0.2) is 41.3 Å². The smallest absolute Gasteiger partial charge is 0.342 e. The van der Waals surface area contributed by atoms with Crippen LogP contribution in [0, 0.1) is 0 Å². The number of hydrogen-bond donors (Lipinski definition) is 0. The van der Waals surface area contributed by atoms with Gasteiger partial charge in [0.15, 0.2) is 0 Å². The quantitative estimate of drug-likeness (QED) is 0.563. The van der Waals surface area contributed by atoms with Crippen LogP contribution in [0.4, 0.5) is 5.69 Å². The van der Waals surface area contributed by atoms with Gasteiger partial charge < -0.3 is 9.08 Å². The topological polar surface area (TPSA) is 63.7 Å². The van der Waals surface area contributed by atoms with E-state index < -0.39 is 16.1 Å². The molecule has 0 spiro atoms. The second kappa shape index (κ2) is 7.66. The van der Waals surface area contributed by atoms with Crippen LogP contribution in [-0.4, -0.2) is 28.5 Å². The van der Waals surface area contributed by atoms with E-state index in [1.807, 2.05) is 44.1 Å². The fraction of sp³-hybridized carbons (Fsp3) is 0.389. The molecular weight excluding hydrogens is 326 g/mol. The lowest BCUT2D eigenvalue weighted by Gasteiger charge is -2.14. The van der Waals surface area contributed by atoms with Gasteiger partial charge in [-0.15, -0.1) is 0 Å². The summed E-state index contributed by atoms with van der Waals surface area (Å²) in [7, 11) is -0.286. The third-order valence-electron chi connectivity index (χ3n) is 3.80. The van der Waals surface area contributed by atoms with E-state index in [2.05, 4.69) is 0 Å². The number of anilines is 1. The summed E-state index contributed by atoms with van der Waals surface area (Å²) < 4.78 is 29.7. The Labute approximate surface area is 143 Å². The first-order valence-corrected chi connectivity index (χ1v) is 9.43. The number of rotatable bonds is 7. The van der Waals surface area contributed by atoms with Crippen LogP contribution in [0.3, 0.4) is 0 Å². The number of nitrogens with zero attached hydrogens (tertiary/aromatic N) is 1. The lowest BCUT2D eigenvalue weighted by molar-refractivity contribution is -0.133. The third-order valence-corrected chi connectivity index (χ3v) is 5.10. The highest BCUT2D eigenvalue weighted by atomic mass is 32.2. The first kappa shape index (κ1) is 18.3. The van der Waals surface area contributed by atoms with Gasteiger partial charge in [0, 0.05) is 31.6 Å². The van der Waals surface area contributed by atoms with Crippen LogP contribution < -0.4 is 4.90 Å². The molecule has 0 fully saturated rings. The minimum atomic E-state index is -4.12. The average molecular weight is 349 g/mol. The molecule has 2 rings (SSSR count). The fourth-order valence-electron chi connectivity index (χ4n) is 2.47. The molecule has 2 aromatic carbocycles. The van der Waals surface area contributed by atoms with E-state index in [-0.39, 0.29) is 11.3 Å². The third kappa shape index (κ3) is 4.26. The number of carbonyl (C=O) groups excluding carboxylic acids is 1. The summed E-state index contributed by atoms with van der Waals surface area (Å²) in [5.41, 5.74) is 0.966. The highest BCUT2D eigenvalue weighted by molar-refractivity contribution is 7.87. The first-order valence-electron chi connectivity index (χ1n) is 8.02. The van der Waals surface area contributed by atoms with Gasteiger partial charge in [-0.25, -0.2) is 0 Å². The van der Waals surface area contributed by atoms with Crippen molar-refractivity contribution >= 4 is 32.5 Å². The van der Waals surface area contributed by atoms with E-state index in [0.29, 0.717) is 11.8 Å². The zero-order chi connectivity index (χ0) is 17.7. The van der Waals surface area contributed by atoms with E-state index in [0.717, 1.165) is 23.9 Å². The van der Waals surface area contributed by atoms with Gasteiger partial charge in [0.25, 0.3) is 0 Å². The van der Waals surface area contributed by atoms with Gasteiger partial charge in [-0.05, 0) is 30.0 Å². The van der Waals surface area contributed by atoms with Crippen molar-refractivity contribution in [1.82, 2.24) is 0 Å². The molecule has 0 N–H and O–H groups in total. The van der Waals surface area contributed by atoms with Crippen molar-refractivity contribution in [1.29, 1.82) is 0 Å². The molecular formula is C18H23NO4S. The highest BCUT2D eigenvalue weighted by Gasteiger charge is 2.22. The fourth-order valence-corrected chi connectivity index (χ4v) is 3.58. The predicted octanol–water partition coefficient (Wildman–Crippen LogP) is 3.72. The molecule has 0 saturated carbocycles. The molecule has 0 saturated heterocycles. The summed E-state index contributed by atoms with van der Waals surface area (Å²) >= 11 is 0. The molecule has 0 aromatic heterocycles. The van der Waals surface area contributed by atoms with Crippen LogP contribution in [0.5, 0.6) is 0 Å². The Bertz CT molecular complexity index is 828. The lowest BCUT2D eigenvalue weighted by Crippen LogP contribution is -2.13. The Morgan fingerprint density at radius 2 is 1.88 bits per heavy atom. The van der Waals surface area contributed by atoms with Crippen LogP contribution in [0.25, 0.3) is 10.8 Å². The van der Waals surface area contributed by atoms with Crippen molar-refractivity contribution in [2.75, 3.05) is 19.0 Å². The van der Waals surface area contributed by atoms with E-state index in [1.165, 1.54) is 6.07 Å². The zero-order valence-corrected chi connectivity index (χ0v) is 15.1. The Hall–Kier alpha value is -2.08. The molecule has 0 radical (unpaired) electrons. The van der Waals surface area contributed by atoms with Gasteiger partial charge in [0.05, 0.1) is 0 Å². The van der Waals surface area contributed by atoms with Gasteiger partial charge in [-0.1, -0.05) is 38.0 Å². The summed E-state index contributed by atoms with van der Waals surface area (Å²) in [6.07, 6.45) is 2.57. The minimum Gasteiger partial charge on any atom is -0.378 e. The van der Waals surface area contributed by atoms with Crippen molar-refractivity contribution in [2.24, 2.45) is 0 Å². The maximum atomic E-state index is 12.5. The number of carbonyl (C=O) groups is 1. The van der Waals surface area contributed by atoms with E-state index in [4.69, 9.17) is 4.18 Å². The second-order valence-corrected chi connectivity index (χ2v) is 7.44. The van der Waals surface area contributed by atoms with Crippen molar-refractivity contribution in [2.45, 2.75) is 37.5 Å². The molecule has 0 aliphatic carbocycles. The molecule has 0 aliphatic rings. The molecule has 130 valence electrons. The summed E-state index contributed by atoms with van der Waals surface area (Å²) in [5, 5.41) is 1.33. The SMILES string of the molecule is CCCCCC(=O)OS(=O)(=O)c1cccc2cc(N(C)C)ccc12. The minimum absolute atomic E-state index is 0.0224. The maximum Gasteiger partial charge on any atom is 0.342 e. The summed E-state index contributed by atoms with van der Waals surface area (Å²) in [4.78, 5) is 13.7. The monoisotopic (exact) mass is 349 g/mol. The molecule has 0 unspecified atom stereocenters. The Balaban J connectivity index is 2.31. The molecule has 0 heterocycles. The Kier molecular flexibility index (Phi) is 5.83. The Morgan fingerprint density at radius 1 is 1.12 bits per heavy atom. The normalized spacial score (nSPS) is 11.5. The van der Waals surface area contributed by atoms with Gasteiger partial charge >= 0.3 is 16.1 Å².